The second-order valence-corrected chi connectivity index (χ2v) is 5.02. The molecule has 0 saturated carbocycles. The molecule has 1 aliphatic rings. The van der Waals surface area contributed by atoms with E-state index in [1.165, 1.54) is 4.90 Å². The van der Waals surface area contributed by atoms with Gasteiger partial charge in [0.1, 0.15) is 0 Å². The lowest BCUT2D eigenvalue weighted by Crippen LogP contribution is -2.54. The predicted octanol–water partition coefficient (Wildman–Crippen LogP) is 0.801. The van der Waals surface area contributed by atoms with Crippen LogP contribution < -0.4 is 0 Å². The van der Waals surface area contributed by atoms with Gasteiger partial charge in [-0.2, -0.15) is 0 Å². The van der Waals surface area contributed by atoms with Crippen LogP contribution in [0.3, 0.4) is 0 Å². The number of amides is 2. The smallest absolute Gasteiger partial charge is 0.242 e. The molecule has 1 heterocycles. The van der Waals surface area contributed by atoms with Crippen molar-refractivity contribution >= 4 is 11.8 Å². The highest BCUT2D eigenvalue weighted by atomic mass is 16.3. The zero-order valence-corrected chi connectivity index (χ0v) is 11.7. The van der Waals surface area contributed by atoms with Crippen LogP contribution in [0.4, 0.5) is 0 Å². The Morgan fingerprint density at radius 3 is 2.35 bits per heavy atom. The predicted molar refractivity (Wildman–Crippen MR) is 74.9 cm³/mol. The molecule has 0 spiro atoms. The summed E-state index contributed by atoms with van der Waals surface area (Å²) in [6.07, 6.45) is 0.0803. The summed E-state index contributed by atoms with van der Waals surface area (Å²) >= 11 is 0. The number of piperazine rings is 1. The van der Waals surface area contributed by atoms with Gasteiger partial charge in [-0.15, -0.1) is 0 Å². The van der Waals surface area contributed by atoms with Gasteiger partial charge in [0.2, 0.25) is 11.8 Å². The van der Waals surface area contributed by atoms with Crippen LogP contribution in [0.2, 0.25) is 0 Å². The van der Waals surface area contributed by atoms with Gasteiger partial charge in [0, 0.05) is 6.54 Å². The first kappa shape index (κ1) is 14.5. The largest absolute Gasteiger partial charge is 0.387 e. The Labute approximate surface area is 118 Å². The minimum atomic E-state index is -0.759. The second-order valence-electron chi connectivity index (χ2n) is 5.02. The fourth-order valence-corrected chi connectivity index (χ4v) is 2.33. The topological polar surface area (TPSA) is 60.9 Å². The van der Waals surface area contributed by atoms with Crippen molar-refractivity contribution in [3.05, 3.63) is 35.9 Å². The van der Waals surface area contributed by atoms with Gasteiger partial charge in [-0.3, -0.25) is 9.59 Å². The third-order valence-electron chi connectivity index (χ3n) is 3.43. The molecule has 5 nitrogen and oxygen atoms in total. The van der Waals surface area contributed by atoms with Crippen molar-refractivity contribution in [2.45, 2.75) is 19.4 Å². The van der Waals surface area contributed by atoms with E-state index in [0.29, 0.717) is 6.54 Å². The lowest BCUT2D eigenvalue weighted by Gasteiger charge is -2.34. The van der Waals surface area contributed by atoms with E-state index in [0.717, 1.165) is 12.0 Å². The Balaban J connectivity index is 1.97. The second kappa shape index (κ2) is 6.52. The number of nitrogens with zero attached hydrogens (tertiary/aromatic N) is 2. The van der Waals surface area contributed by atoms with Crippen molar-refractivity contribution in [3.8, 4) is 0 Å². The number of aliphatic hydroxyl groups excluding tert-OH is 1. The van der Waals surface area contributed by atoms with Crippen molar-refractivity contribution in [3.63, 3.8) is 0 Å². The van der Waals surface area contributed by atoms with Crippen molar-refractivity contribution in [1.29, 1.82) is 0 Å². The van der Waals surface area contributed by atoms with Crippen molar-refractivity contribution < 1.29 is 14.7 Å². The molecule has 1 aromatic carbocycles. The van der Waals surface area contributed by atoms with E-state index in [9.17, 15) is 14.7 Å². The summed E-state index contributed by atoms with van der Waals surface area (Å²) in [4.78, 5) is 26.9. The average molecular weight is 276 g/mol. The van der Waals surface area contributed by atoms with Crippen LogP contribution >= 0.6 is 0 Å². The fourth-order valence-electron chi connectivity index (χ4n) is 2.33. The SMILES string of the molecule is CCCN1CC(=O)N(CC(O)c2ccccc2)CC1=O. The fraction of sp³-hybridized carbons (Fsp3) is 0.467. The van der Waals surface area contributed by atoms with Gasteiger partial charge >= 0.3 is 0 Å². The summed E-state index contributed by atoms with van der Waals surface area (Å²) < 4.78 is 0. The number of β-amino-alcohol motifs (C(OH)–C–C–N with tert-alkyl or cyclic N) is 1. The quantitative estimate of drug-likeness (QED) is 0.865. The molecule has 1 saturated heterocycles. The Morgan fingerprint density at radius 2 is 1.70 bits per heavy atom. The van der Waals surface area contributed by atoms with Gasteiger partial charge in [-0.25, -0.2) is 0 Å². The summed E-state index contributed by atoms with van der Waals surface area (Å²) in [5.41, 5.74) is 0.753. The van der Waals surface area contributed by atoms with Gasteiger partial charge in [-0.1, -0.05) is 37.3 Å². The summed E-state index contributed by atoms with van der Waals surface area (Å²) in [5, 5.41) is 10.1. The highest BCUT2D eigenvalue weighted by molar-refractivity contribution is 5.92. The third kappa shape index (κ3) is 3.36. The molecular formula is C15H20N2O3. The highest BCUT2D eigenvalue weighted by Crippen LogP contribution is 2.15. The summed E-state index contributed by atoms with van der Waals surface area (Å²) in [6, 6.07) is 9.17. The molecule has 20 heavy (non-hydrogen) atoms. The van der Waals surface area contributed by atoms with E-state index in [2.05, 4.69) is 0 Å². The first-order valence-electron chi connectivity index (χ1n) is 6.90. The monoisotopic (exact) mass is 276 g/mol. The molecule has 0 aliphatic carbocycles. The minimum Gasteiger partial charge on any atom is -0.387 e. The van der Waals surface area contributed by atoms with Crippen LogP contribution in [0.5, 0.6) is 0 Å². The van der Waals surface area contributed by atoms with Gasteiger partial charge in [-0.05, 0) is 12.0 Å². The summed E-state index contributed by atoms with van der Waals surface area (Å²) in [7, 11) is 0. The van der Waals surface area contributed by atoms with Crippen LogP contribution in [0.1, 0.15) is 25.0 Å². The van der Waals surface area contributed by atoms with Crippen molar-refractivity contribution in [2.75, 3.05) is 26.2 Å². The minimum absolute atomic E-state index is 0.0493. The van der Waals surface area contributed by atoms with Gasteiger partial charge in [0.05, 0.1) is 25.7 Å². The molecule has 1 unspecified atom stereocenters. The molecule has 5 heteroatoms. The van der Waals surface area contributed by atoms with Crippen molar-refractivity contribution in [1.82, 2.24) is 9.80 Å². The first-order chi connectivity index (χ1) is 9.61. The molecular weight excluding hydrogens is 256 g/mol. The van der Waals surface area contributed by atoms with Crippen LogP contribution in [0.25, 0.3) is 0 Å². The van der Waals surface area contributed by atoms with Crippen LogP contribution in [-0.4, -0.2) is 52.9 Å². The lowest BCUT2D eigenvalue weighted by atomic mass is 10.1. The van der Waals surface area contributed by atoms with Gasteiger partial charge in [0.25, 0.3) is 0 Å². The Morgan fingerprint density at radius 1 is 1.10 bits per heavy atom. The molecule has 0 bridgehead atoms. The van der Waals surface area contributed by atoms with E-state index in [1.54, 1.807) is 4.90 Å². The Bertz CT molecular complexity index is 475. The maximum absolute atomic E-state index is 12.0. The highest BCUT2D eigenvalue weighted by Gasteiger charge is 2.30. The molecule has 2 amide bonds. The number of carbonyl (C=O) groups is 2. The zero-order chi connectivity index (χ0) is 14.5. The van der Waals surface area contributed by atoms with Gasteiger partial charge < -0.3 is 14.9 Å². The number of hydrogen-bond donors (Lipinski definition) is 1. The summed E-state index contributed by atoms with van der Waals surface area (Å²) in [5.74, 6) is -0.153. The Kier molecular flexibility index (Phi) is 4.74. The van der Waals surface area contributed by atoms with Crippen LogP contribution in [0, 0.1) is 0 Å². The Hall–Kier alpha value is -1.88. The number of aliphatic hydroxyl groups is 1. The van der Waals surface area contributed by atoms with Crippen molar-refractivity contribution in [2.24, 2.45) is 0 Å². The van der Waals surface area contributed by atoms with Crippen LogP contribution in [-0.2, 0) is 9.59 Å². The maximum Gasteiger partial charge on any atom is 0.242 e. The molecule has 108 valence electrons. The third-order valence-corrected chi connectivity index (χ3v) is 3.43. The van der Waals surface area contributed by atoms with E-state index >= 15 is 0 Å². The number of carbonyl (C=O) groups excluding carboxylic acids is 2. The standard InChI is InChI=1S/C15H20N2O3/c1-2-8-16-10-15(20)17(11-14(16)19)9-13(18)12-6-4-3-5-7-12/h3-7,13,18H,2,8-11H2,1H3. The van der Waals surface area contributed by atoms with E-state index in [1.807, 2.05) is 37.3 Å². The molecule has 1 aliphatic heterocycles. The lowest BCUT2D eigenvalue weighted by molar-refractivity contribution is -0.151. The molecule has 1 atom stereocenters. The normalized spacial score (nSPS) is 17.5. The first-order valence-corrected chi connectivity index (χ1v) is 6.90. The molecule has 1 fully saturated rings. The molecule has 0 radical (unpaired) electrons. The maximum atomic E-state index is 12.0. The zero-order valence-electron chi connectivity index (χ0n) is 11.7. The molecule has 1 aromatic rings. The van der Waals surface area contributed by atoms with E-state index in [4.69, 9.17) is 0 Å². The average Bonchev–Trinajstić information content (AvgIpc) is 2.45. The van der Waals surface area contributed by atoms with Crippen LogP contribution in [0.15, 0.2) is 30.3 Å². The van der Waals surface area contributed by atoms with Gasteiger partial charge in [0.15, 0.2) is 0 Å². The van der Waals surface area contributed by atoms with E-state index < -0.39 is 6.10 Å². The number of hydrogen-bond acceptors (Lipinski definition) is 3. The number of benzene rings is 1. The molecule has 1 N–H and O–H groups in total. The molecule has 2 rings (SSSR count). The number of rotatable bonds is 5. The summed E-state index contributed by atoms with van der Waals surface area (Å²) in [6.45, 7) is 2.93. The van der Waals surface area contributed by atoms with E-state index in [-0.39, 0.29) is 31.4 Å². The molecule has 0 aromatic heterocycles.